The van der Waals surface area contributed by atoms with E-state index in [-0.39, 0.29) is 28.5 Å². The van der Waals surface area contributed by atoms with Crippen molar-refractivity contribution in [2.24, 2.45) is 5.41 Å². The fourth-order valence-corrected chi connectivity index (χ4v) is 4.46. The number of benzene rings is 1. The van der Waals surface area contributed by atoms with Crippen molar-refractivity contribution in [3.05, 3.63) is 53.7 Å². The van der Waals surface area contributed by atoms with E-state index in [4.69, 9.17) is 10.5 Å². The van der Waals surface area contributed by atoms with E-state index in [1.54, 1.807) is 17.2 Å². The predicted molar refractivity (Wildman–Crippen MR) is 108 cm³/mol. The Bertz CT molecular complexity index is 1250. The minimum atomic E-state index is -2.36. The van der Waals surface area contributed by atoms with Crippen molar-refractivity contribution in [3.8, 4) is 12.3 Å². The minimum Gasteiger partial charge on any atom is -0.356 e. The number of aromatic amines is 1. The van der Waals surface area contributed by atoms with Gasteiger partial charge >= 0.3 is 0 Å². The van der Waals surface area contributed by atoms with Gasteiger partial charge in [-0.25, -0.2) is 14.4 Å². The molecule has 0 atom stereocenters. The molecule has 5 rings (SSSR count). The molecule has 1 saturated heterocycles. The minimum absolute atomic E-state index is 0.120. The summed E-state index contributed by atoms with van der Waals surface area (Å²) in [6.07, 6.45) is 9.56. The Hall–Kier alpha value is -3.40. The van der Waals surface area contributed by atoms with Crippen molar-refractivity contribution in [3.63, 3.8) is 0 Å². The van der Waals surface area contributed by atoms with Gasteiger partial charge in [-0.1, -0.05) is 5.92 Å². The van der Waals surface area contributed by atoms with E-state index in [0.29, 0.717) is 42.8 Å². The van der Waals surface area contributed by atoms with Gasteiger partial charge in [0, 0.05) is 47.4 Å². The molecule has 1 aliphatic heterocycles. The summed E-state index contributed by atoms with van der Waals surface area (Å²) >= 11 is 0. The fourth-order valence-electron chi connectivity index (χ4n) is 4.46. The van der Waals surface area contributed by atoms with Gasteiger partial charge in [-0.2, -0.15) is 0 Å². The van der Waals surface area contributed by atoms with Crippen LogP contribution in [-0.4, -0.2) is 51.9 Å². The van der Waals surface area contributed by atoms with Crippen molar-refractivity contribution in [1.82, 2.24) is 19.9 Å². The smallest absolute Gasteiger partial charge is 0.253 e. The average molecular weight is 392 g/mol. The van der Waals surface area contributed by atoms with Gasteiger partial charge in [0.1, 0.15) is 23.6 Å². The third kappa shape index (κ3) is 2.75. The van der Waals surface area contributed by atoms with Crippen molar-refractivity contribution in [2.45, 2.75) is 18.9 Å². The third-order valence-electron chi connectivity index (χ3n) is 5.97. The van der Waals surface area contributed by atoms with Gasteiger partial charge in [-0.05, 0) is 37.1 Å². The van der Waals surface area contributed by atoms with E-state index >= 15 is 0 Å². The van der Waals surface area contributed by atoms with Crippen LogP contribution in [0.2, 0.25) is 0 Å². The molecule has 6 nitrogen and oxygen atoms in total. The zero-order valence-corrected chi connectivity index (χ0v) is 15.5. The SMILES string of the molecule is [2H]C([2H])([2H])N(c1ncnc2[nH]ccc12)C1CC2(C1)CN(C(=O)c1ccc(C#C)c(F)c1)C2. The number of hydrogen-bond acceptors (Lipinski definition) is 4. The van der Waals surface area contributed by atoms with Crippen LogP contribution in [0, 0.1) is 23.6 Å². The molecule has 1 aromatic carbocycles. The highest BCUT2D eigenvalue weighted by Crippen LogP contribution is 2.51. The van der Waals surface area contributed by atoms with E-state index in [1.807, 2.05) is 0 Å². The molecular formula is C22H20FN5O. The summed E-state index contributed by atoms with van der Waals surface area (Å²) in [5, 5.41) is 0.660. The van der Waals surface area contributed by atoms with Gasteiger partial charge in [-0.15, -0.1) is 6.42 Å². The Balaban J connectivity index is 1.29. The first-order valence-electron chi connectivity index (χ1n) is 10.8. The Morgan fingerprint density at radius 2 is 2.24 bits per heavy atom. The molecule has 1 saturated carbocycles. The molecule has 29 heavy (non-hydrogen) atoms. The van der Waals surface area contributed by atoms with Gasteiger partial charge in [0.25, 0.3) is 5.91 Å². The molecule has 1 spiro atoms. The van der Waals surface area contributed by atoms with Crippen LogP contribution in [0.25, 0.3) is 11.0 Å². The number of amides is 1. The number of carbonyl (C=O) groups is 1. The summed E-state index contributed by atoms with van der Waals surface area (Å²) in [6.45, 7) is -1.33. The first kappa shape index (κ1) is 14.6. The number of nitrogens with zero attached hydrogens (tertiary/aromatic N) is 4. The molecule has 3 heterocycles. The zero-order valence-electron chi connectivity index (χ0n) is 18.5. The summed E-state index contributed by atoms with van der Waals surface area (Å²) in [5.74, 6) is 1.78. The molecule has 146 valence electrons. The predicted octanol–water partition coefficient (Wildman–Crippen LogP) is 2.82. The van der Waals surface area contributed by atoms with Crippen molar-refractivity contribution < 1.29 is 13.3 Å². The number of hydrogen-bond donors (Lipinski definition) is 1. The highest BCUT2D eigenvalue weighted by molar-refractivity contribution is 5.95. The molecular weight excluding hydrogens is 369 g/mol. The quantitative estimate of drug-likeness (QED) is 0.696. The number of H-pyrrole nitrogens is 1. The topological polar surface area (TPSA) is 65.1 Å². The maximum Gasteiger partial charge on any atom is 0.253 e. The van der Waals surface area contributed by atoms with E-state index in [1.165, 1.54) is 29.4 Å². The molecule has 1 N–H and O–H groups in total. The van der Waals surface area contributed by atoms with Gasteiger partial charge in [0.05, 0.1) is 10.9 Å². The second-order valence-corrected chi connectivity index (χ2v) is 7.87. The number of aromatic nitrogens is 3. The molecule has 7 heteroatoms. The monoisotopic (exact) mass is 392 g/mol. The number of nitrogens with one attached hydrogen (secondary N) is 1. The van der Waals surface area contributed by atoms with E-state index in [2.05, 4.69) is 20.9 Å². The standard InChI is InChI=1S/C22H20FN5O/c1-3-14-4-5-15(8-18(14)23)21(29)28-11-22(12-28)9-16(10-22)27(2)20-17-6-7-24-19(17)25-13-26-20/h1,4-8,13,16H,9-12H2,2H3,(H,24,25,26)/i2D3. The lowest BCUT2D eigenvalue weighted by atomic mass is 9.60. The summed E-state index contributed by atoms with van der Waals surface area (Å²) in [6, 6.07) is 5.67. The lowest BCUT2D eigenvalue weighted by Gasteiger charge is -2.60. The normalized spacial score (nSPS) is 19.6. The van der Waals surface area contributed by atoms with Crippen molar-refractivity contribution >= 4 is 22.8 Å². The maximum atomic E-state index is 13.9. The van der Waals surface area contributed by atoms with Crippen molar-refractivity contribution in [2.75, 3.05) is 25.0 Å². The van der Waals surface area contributed by atoms with Gasteiger partial charge < -0.3 is 14.8 Å². The molecule has 1 amide bonds. The summed E-state index contributed by atoms with van der Waals surface area (Å²) in [4.78, 5) is 27.2. The van der Waals surface area contributed by atoms with Crippen LogP contribution >= 0.6 is 0 Å². The first-order chi connectivity index (χ1) is 15.2. The number of halogens is 1. The molecule has 3 aromatic rings. The lowest BCUT2D eigenvalue weighted by molar-refractivity contribution is -0.0541. The van der Waals surface area contributed by atoms with Crippen LogP contribution in [-0.2, 0) is 0 Å². The van der Waals surface area contributed by atoms with Crippen LogP contribution in [0.15, 0.2) is 36.8 Å². The Labute approximate surface area is 172 Å². The summed E-state index contributed by atoms with van der Waals surface area (Å²) < 4.78 is 38.2. The fraction of sp³-hybridized carbons (Fsp3) is 0.318. The van der Waals surface area contributed by atoms with E-state index < -0.39 is 12.8 Å². The molecule has 1 aliphatic carbocycles. The first-order valence-corrected chi connectivity index (χ1v) is 9.34. The van der Waals surface area contributed by atoms with E-state index in [0.717, 1.165) is 0 Å². The maximum absolute atomic E-state index is 13.9. The molecule has 0 radical (unpaired) electrons. The Morgan fingerprint density at radius 1 is 1.41 bits per heavy atom. The third-order valence-corrected chi connectivity index (χ3v) is 5.97. The van der Waals surface area contributed by atoms with Gasteiger partial charge in [0.2, 0.25) is 0 Å². The molecule has 0 bridgehead atoms. The number of terminal acetylenes is 1. The van der Waals surface area contributed by atoms with Gasteiger partial charge in [0.15, 0.2) is 0 Å². The zero-order chi connectivity index (χ0) is 22.7. The Kier molecular flexibility index (Phi) is 3.17. The molecule has 2 aliphatic rings. The number of likely N-dealkylation sites (tertiary alicyclic amines) is 1. The lowest BCUT2D eigenvalue weighted by Crippen LogP contribution is -2.67. The molecule has 2 fully saturated rings. The van der Waals surface area contributed by atoms with Gasteiger partial charge in [-0.3, -0.25) is 4.79 Å². The molecule has 0 unspecified atom stereocenters. The molecule has 2 aromatic heterocycles. The number of fused-ring (bicyclic) bond motifs is 1. The van der Waals surface area contributed by atoms with Crippen LogP contribution in [0.5, 0.6) is 0 Å². The Morgan fingerprint density at radius 3 is 2.97 bits per heavy atom. The summed E-state index contributed by atoms with van der Waals surface area (Å²) in [7, 11) is 0. The highest BCUT2D eigenvalue weighted by atomic mass is 19.1. The van der Waals surface area contributed by atoms with Crippen molar-refractivity contribution in [1.29, 1.82) is 0 Å². The van der Waals surface area contributed by atoms with Crippen LogP contribution < -0.4 is 4.90 Å². The largest absolute Gasteiger partial charge is 0.356 e. The number of rotatable bonds is 3. The second kappa shape index (κ2) is 6.31. The highest BCUT2D eigenvalue weighted by Gasteiger charge is 2.55. The number of anilines is 1. The summed E-state index contributed by atoms with van der Waals surface area (Å²) in [5.41, 5.74) is 0.842. The second-order valence-electron chi connectivity index (χ2n) is 7.87. The van der Waals surface area contributed by atoms with Crippen LogP contribution in [0.1, 0.15) is 32.9 Å². The van der Waals surface area contributed by atoms with E-state index in [9.17, 15) is 9.18 Å². The number of carbonyl (C=O) groups excluding carboxylic acids is 1. The van der Waals surface area contributed by atoms with Crippen LogP contribution in [0.4, 0.5) is 10.2 Å². The van der Waals surface area contributed by atoms with Crippen LogP contribution in [0.3, 0.4) is 0 Å². The average Bonchev–Trinajstić information content (AvgIpc) is 3.16.